The minimum Gasteiger partial charge on any atom is -0.477 e. The molecule has 0 aromatic carbocycles. The predicted octanol–water partition coefficient (Wildman–Crippen LogP) is 0.118. The number of ether oxygens (including phenoxy) is 2. The average Bonchev–Trinajstić information content (AvgIpc) is 2.96. The van der Waals surface area contributed by atoms with E-state index in [2.05, 4.69) is 15.3 Å². The number of carbonyl (C=O) groups is 1. The molecule has 3 heterocycles. The van der Waals surface area contributed by atoms with Crippen LogP contribution < -0.4 is 10.1 Å². The molecule has 1 saturated heterocycles. The Morgan fingerprint density at radius 2 is 2.14 bits per heavy atom. The molecule has 0 bridgehead atoms. The zero-order chi connectivity index (χ0) is 14.5. The number of morpholine rings is 1. The molecule has 0 aliphatic carbocycles. The third-order valence-corrected chi connectivity index (χ3v) is 3.83. The highest BCUT2D eigenvalue weighted by Gasteiger charge is 2.21. The molecule has 3 rings (SSSR count). The molecular formula is C14H22N4O3. The molecule has 2 aliphatic rings. The Kier molecular flexibility index (Phi) is 4.72. The molecule has 1 amide bonds. The van der Waals surface area contributed by atoms with Crippen molar-refractivity contribution in [2.75, 3.05) is 46.0 Å². The summed E-state index contributed by atoms with van der Waals surface area (Å²) in [6.45, 7) is 6.73. The standard InChI is InChI=1S/C14H22N4O3/c19-13(12-11-16-18-5-2-8-21-14(12)18)15-3-1-4-17-6-9-20-10-7-17/h11H,1-10H2,(H,15,19). The van der Waals surface area contributed by atoms with Crippen molar-refractivity contribution in [2.45, 2.75) is 19.4 Å². The Balaban J connectivity index is 1.43. The van der Waals surface area contributed by atoms with Crippen LogP contribution in [0, 0.1) is 0 Å². The predicted molar refractivity (Wildman–Crippen MR) is 76.5 cm³/mol. The average molecular weight is 294 g/mol. The van der Waals surface area contributed by atoms with Gasteiger partial charge < -0.3 is 14.8 Å². The van der Waals surface area contributed by atoms with Crippen molar-refractivity contribution in [3.8, 4) is 5.88 Å². The lowest BCUT2D eigenvalue weighted by atomic mass is 10.3. The summed E-state index contributed by atoms with van der Waals surface area (Å²) in [6, 6.07) is 0. The topological polar surface area (TPSA) is 68.6 Å². The molecule has 21 heavy (non-hydrogen) atoms. The fourth-order valence-electron chi connectivity index (χ4n) is 2.65. The van der Waals surface area contributed by atoms with E-state index in [9.17, 15) is 4.79 Å². The van der Waals surface area contributed by atoms with E-state index in [4.69, 9.17) is 9.47 Å². The first-order valence-corrected chi connectivity index (χ1v) is 7.61. The van der Waals surface area contributed by atoms with E-state index in [1.54, 1.807) is 10.9 Å². The van der Waals surface area contributed by atoms with Gasteiger partial charge in [0, 0.05) is 32.6 Å². The maximum absolute atomic E-state index is 12.2. The molecule has 1 aromatic heterocycles. The van der Waals surface area contributed by atoms with Crippen LogP contribution in [0.5, 0.6) is 5.88 Å². The third-order valence-electron chi connectivity index (χ3n) is 3.83. The number of nitrogens with one attached hydrogen (secondary N) is 1. The van der Waals surface area contributed by atoms with Gasteiger partial charge in [0.1, 0.15) is 5.56 Å². The van der Waals surface area contributed by atoms with Crippen LogP contribution in [0.15, 0.2) is 6.20 Å². The van der Waals surface area contributed by atoms with Crippen molar-refractivity contribution in [2.24, 2.45) is 0 Å². The van der Waals surface area contributed by atoms with E-state index in [1.807, 2.05) is 0 Å². The number of aryl methyl sites for hydroxylation is 1. The Morgan fingerprint density at radius 3 is 3.00 bits per heavy atom. The van der Waals surface area contributed by atoms with Crippen LogP contribution in [0.25, 0.3) is 0 Å². The van der Waals surface area contributed by atoms with Crippen molar-refractivity contribution < 1.29 is 14.3 Å². The lowest BCUT2D eigenvalue weighted by Gasteiger charge is -2.26. The molecule has 0 radical (unpaired) electrons. The van der Waals surface area contributed by atoms with Gasteiger partial charge in [0.15, 0.2) is 0 Å². The molecule has 7 heteroatoms. The number of nitrogens with zero attached hydrogens (tertiary/aromatic N) is 3. The van der Waals surface area contributed by atoms with E-state index in [-0.39, 0.29) is 5.91 Å². The molecule has 0 saturated carbocycles. The first kappa shape index (κ1) is 14.3. The fourth-order valence-corrected chi connectivity index (χ4v) is 2.65. The van der Waals surface area contributed by atoms with Gasteiger partial charge in [0.2, 0.25) is 5.88 Å². The first-order chi connectivity index (χ1) is 10.3. The van der Waals surface area contributed by atoms with Gasteiger partial charge in [-0.2, -0.15) is 5.10 Å². The highest BCUT2D eigenvalue weighted by atomic mass is 16.5. The van der Waals surface area contributed by atoms with Crippen molar-refractivity contribution >= 4 is 5.91 Å². The quantitative estimate of drug-likeness (QED) is 0.781. The molecule has 0 spiro atoms. The van der Waals surface area contributed by atoms with Gasteiger partial charge >= 0.3 is 0 Å². The van der Waals surface area contributed by atoms with Gasteiger partial charge in [-0.05, 0) is 13.0 Å². The van der Waals surface area contributed by atoms with E-state index in [1.165, 1.54) is 0 Å². The Hall–Kier alpha value is -1.60. The van der Waals surface area contributed by atoms with Crippen molar-refractivity contribution in [3.63, 3.8) is 0 Å². The molecule has 1 fully saturated rings. The monoisotopic (exact) mass is 294 g/mol. The first-order valence-electron chi connectivity index (χ1n) is 7.61. The summed E-state index contributed by atoms with van der Waals surface area (Å²) in [5, 5.41) is 7.13. The molecule has 1 N–H and O–H groups in total. The zero-order valence-electron chi connectivity index (χ0n) is 12.2. The largest absolute Gasteiger partial charge is 0.477 e. The minimum atomic E-state index is -0.0971. The van der Waals surface area contributed by atoms with Crippen LogP contribution >= 0.6 is 0 Å². The van der Waals surface area contributed by atoms with Gasteiger partial charge in [-0.25, -0.2) is 4.68 Å². The third kappa shape index (κ3) is 3.54. The summed E-state index contributed by atoms with van der Waals surface area (Å²) in [5.41, 5.74) is 0.543. The second-order valence-electron chi connectivity index (χ2n) is 5.35. The molecule has 7 nitrogen and oxygen atoms in total. The van der Waals surface area contributed by atoms with Crippen LogP contribution in [-0.2, 0) is 11.3 Å². The van der Waals surface area contributed by atoms with Gasteiger partial charge in [0.05, 0.1) is 26.0 Å². The van der Waals surface area contributed by atoms with Crippen molar-refractivity contribution in [1.29, 1.82) is 0 Å². The van der Waals surface area contributed by atoms with Crippen molar-refractivity contribution in [1.82, 2.24) is 20.0 Å². The van der Waals surface area contributed by atoms with E-state index in [0.29, 0.717) is 24.6 Å². The highest BCUT2D eigenvalue weighted by Crippen LogP contribution is 2.21. The summed E-state index contributed by atoms with van der Waals surface area (Å²) >= 11 is 0. The molecule has 2 aliphatic heterocycles. The summed E-state index contributed by atoms with van der Waals surface area (Å²) < 4.78 is 12.6. The van der Waals surface area contributed by atoms with Crippen LogP contribution in [0.1, 0.15) is 23.2 Å². The zero-order valence-corrected chi connectivity index (χ0v) is 12.2. The summed E-state index contributed by atoms with van der Waals surface area (Å²) in [4.78, 5) is 14.5. The Labute approximate surface area is 124 Å². The molecule has 0 atom stereocenters. The van der Waals surface area contributed by atoms with E-state index >= 15 is 0 Å². The highest BCUT2D eigenvalue weighted by molar-refractivity contribution is 5.96. The summed E-state index contributed by atoms with van der Waals surface area (Å²) in [6.07, 6.45) is 3.48. The number of rotatable bonds is 5. The van der Waals surface area contributed by atoms with Crippen LogP contribution in [0.4, 0.5) is 0 Å². The summed E-state index contributed by atoms with van der Waals surface area (Å²) in [5.74, 6) is 0.507. The van der Waals surface area contributed by atoms with Crippen LogP contribution in [0.3, 0.4) is 0 Å². The van der Waals surface area contributed by atoms with Crippen LogP contribution in [-0.4, -0.2) is 66.6 Å². The Morgan fingerprint density at radius 1 is 1.29 bits per heavy atom. The second-order valence-corrected chi connectivity index (χ2v) is 5.35. The number of carbonyl (C=O) groups excluding carboxylic acids is 1. The number of aromatic nitrogens is 2. The molecule has 0 unspecified atom stereocenters. The molecule has 116 valence electrons. The normalized spacial score (nSPS) is 18.9. The van der Waals surface area contributed by atoms with E-state index in [0.717, 1.165) is 52.2 Å². The molecule has 1 aromatic rings. The minimum absolute atomic E-state index is 0.0971. The number of hydrogen-bond donors (Lipinski definition) is 1. The molecular weight excluding hydrogens is 272 g/mol. The smallest absolute Gasteiger partial charge is 0.258 e. The number of fused-ring (bicyclic) bond motifs is 1. The summed E-state index contributed by atoms with van der Waals surface area (Å²) in [7, 11) is 0. The van der Waals surface area contributed by atoms with Gasteiger partial charge in [-0.3, -0.25) is 9.69 Å². The van der Waals surface area contributed by atoms with Crippen molar-refractivity contribution in [3.05, 3.63) is 11.8 Å². The maximum atomic E-state index is 12.2. The van der Waals surface area contributed by atoms with Gasteiger partial charge in [-0.1, -0.05) is 0 Å². The lowest BCUT2D eigenvalue weighted by Crippen LogP contribution is -2.38. The van der Waals surface area contributed by atoms with E-state index < -0.39 is 0 Å². The fraction of sp³-hybridized carbons (Fsp3) is 0.714. The lowest BCUT2D eigenvalue weighted by molar-refractivity contribution is 0.0374. The number of amides is 1. The second kappa shape index (κ2) is 6.91. The van der Waals surface area contributed by atoms with Gasteiger partial charge in [0.25, 0.3) is 5.91 Å². The maximum Gasteiger partial charge on any atom is 0.258 e. The SMILES string of the molecule is O=C(NCCCN1CCOCC1)c1cnn2c1OCCC2. The van der Waals surface area contributed by atoms with Gasteiger partial charge in [-0.15, -0.1) is 0 Å². The number of hydrogen-bond acceptors (Lipinski definition) is 5. The Bertz CT molecular complexity index is 483. The van der Waals surface area contributed by atoms with Crippen LogP contribution in [0.2, 0.25) is 0 Å².